The number of nitrogens with zero attached hydrogens (tertiary/aromatic N) is 3. The Balaban J connectivity index is 1.80. The third kappa shape index (κ3) is 5.22. The second-order valence-corrected chi connectivity index (χ2v) is 6.78. The Kier molecular flexibility index (Phi) is 5.90. The Bertz CT molecular complexity index is 549. The van der Waals surface area contributed by atoms with Crippen LogP contribution in [0.25, 0.3) is 0 Å². The molecule has 0 unspecified atom stereocenters. The molecule has 5 nitrogen and oxygen atoms in total. The Labute approximate surface area is 130 Å². The van der Waals surface area contributed by atoms with Gasteiger partial charge in [0, 0.05) is 24.0 Å². The smallest absolute Gasteiger partial charge is 0.151 e. The van der Waals surface area contributed by atoms with Gasteiger partial charge in [-0.3, -0.25) is 4.90 Å². The second kappa shape index (κ2) is 7.68. The van der Waals surface area contributed by atoms with Crippen LogP contribution in [-0.4, -0.2) is 28.6 Å². The fourth-order valence-corrected chi connectivity index (χ4v) is 2.90. The normalized spacial score (nSPS) is 11.7. The molecule has 0 bridgehead atoms. The van der Waals surface area contributed by atoms with Gasteiger partial charge in [-0.2, -0.15) is 0 Å². The Morgan fingerprint density at radius 3 is 2.86 bits per heavy atom. The van der Waals surface area contributed by atoms with Crippen molar-refractivity contribution < 1.29 is 4.52 Å². The summed E-state index contributed by atoms with van der Waals surface area (Å²) in [4.78, 5) is 7.79. The highest BCUT2D eigenvalue weighted by molar-refractivity contribution is 7.09. The van der Waals surface area contributed by atoms with Gasteiger partial charge in [-0.05, 0) is 26.4 Å². The first-order valence-electron chi connectivity index (χ1n) is 7.27. The van der Waals surface area contributed by atoms with Crippen molar-refractivity contribution in [1.82, 2.24) is 20.4 Å². The molecular formula is C15H24N4OS. The number of aryl methyl sites for hydroxylation is 1. The van der Waals surface area contributed by atoms with E-state index in [4.69, 9.17) is 4.52 Å². The minimum absolute atomic E-state index is 0.644. The maximum absolute atomic E-state index is 5.40. The minimum atomic E-state index is 0.644. The first kappa shape index (κ1) is 16.1. The van der Waals surface area contributed by atoms with Crippen LogP contribution in [0.15, 0.2) is 16.1 Å². The van der Waals surface area contributed by atoms with Gasteiger partial charge in [0.1, 0.15) is 0 Å². The molecule has 0 saturated heterocycles. The van der Waals surface area contributed by atoms with E-state index in [-0.39, 0.29) is 0 Å². The Hall–Kier alpha value is -1.24. The quantitative estimate of drug-likeness (QED) is 0.812. The molecule has 0 aromatic carbocycles. The van der Waals surface area contributed by atoms with E-state index in [9.17, 15) is 0 Å². The standard InChI is InChI=1S/C15H24N4OS/c1-11(2)6-16-7-13-5-14(20-18-13)8-19(4)9-15-12(3)17-10-21-15/h5,10-11,16H,6-9H2,1-4H3. The predicted octanol–water partition coefficient (Wildman–Crippen LogP) is 2.82. The van der Waals surface area contributed by atoms with Crippen LogP contribution in [0.2, 0.25) is 0 Å². The van der Waals surface area contributed by atoms with E-state index in [1.807, 2.05) is 18.5 Å². The number of aromatic nitrogens is 2. The molecule has 2 heterocycles. The van der Waals surface area contributed by atoms with E-state index < -0.39 is 0 Å². The maximum atomic E-state index is 5.40. The molecule has 116 valence electrons. The van der Waals surface area contributed by atoms with Crippen LogP contribution in [0.1, 0.15) is 35.9 Å². The molecular weight excluding hydrogens is 284 g/mol. The number of rotatable bonds is 8. The van der Waals surface area contributed by atoms with Crippen LogP contribution in [0, 0.1) is 12.8 Å². The van der Waals surface area contributed by atoms with Gasteiger partial charge >= 0.3 is 0 Å². The molecule has 6 heteroatoms. The molecule has 1 N–H and O–H groups in total. The zero-order valence-electron chi connectivity index (χ0n) is 13.2. The summed E-state index contributed by atoms with van der Waals surface area (Å²) < 4.78 is 5.40. The average Bonchev–Trinajstić information content (AvgIpc) is 3.00. The summed E-state index contributed by atoms with van der Waals surface area (Å²) >= 11 is 1.70. The average molecular weight is 308 g/mol. The van der Waals surface area contributed by atoms with Crippen molar-refractivity contribution in [3.8, 4) is 0 Å². The van der Waals surface area contributed by atoms with E-state index in [2.05, 4.69) is 41.3 Å². The molecule has 0 amide bonds. The summed E-state index contributed by atoms with van der Waals surface area (Å²) in [5.74, 6) is 1.55. The van der Waals surface area contributed by atoms with Gasteiger partial charge in [0.25, 0.3) is 0 Å². The molecule has 0 spiro atoms. The molecule has 0 atom stereocenters. The molecule has 2 rings (SSSR count). The summed E-state index contributed by atoms with van der Waals surface area (Å²) in [6.07, 6.45) is 0. The summed E-state index contributed by atoms with van der Waals surface area (Å²) in [5, 5.41) is 7.48. The molecule has 2 aromatic heterocycles. The molecule has 0 radical (unpaired) electrons. The van der Waals surface area contributed by atoms with Crippen LogP contribution in [-0.2, 0) is 19.6 Å². The molecule has 0 aliphatic carbocycles. The van der Waals surface area contributed by atoms with E-state index >= 15 is 0 Å². The van der Waals surface area contributed by atoms with Crippen molar-refractivity contribution >= 4 is 11.3 Å². The van der Waals surface area contributed by atoms with Crippen molar-refractivity contribution in [3.05, 3.63) is 33.6 Å². The van der Waals surface area contributed by atoms with Crippen LogP contribution in [0.5, 0.6) is 0 Å². The van der Waals surface area contributed by atoms with Gasteiger partial charge in [-0.1, -0.05) is 19.0 Å². The van der Waals surface area contributed by atoms with E-state index in [1.165, 1.54) is 4.88 Å². The lowest BCUT2D eigenvalue weighted by atomic mass is 10.2. The molecule has 0 aliphatic rings. The SMILES string of the molecule is Cc1ncsc1CN(C)Cc1cc(CNCC(C)C)no1. The van der Waals surface area contributed by atoms with Crippen molar-refractivity contribution in [2.24, 2.45) is 5.92 Å². The molecule has 0 fully saturated rings. The second-order valence-electron chi connectivity index (χ2n) is 5.84. The van der Waals surface area contributed by atoms with E-state index in [1.54, 1.807) is 11.3 Å². The third-order valence-corrected chi connectivity index (χ3v) is 4.07. The van der Waals surface area contributed by atoms with Gasteiger partial charge in [0.2, 0.25) is 0 Å². The van der Waals surface area contributed by atoms with E-state index in [0.29, 0.717) is 5.92 Å². The Morgan fingerprint density at radius 2 is 2.19 bits per heavy atom. The molecule has 2 aromatic rings. The lowest BCUT2D eigenvalue weighted by molar-refractivity contribution is 0.266. The van der Waals surface area contributed by atoms with Crippen LogP contribution in [0.4, 0.5) is 0 Å². The molecule has 0 saturated carbocycles. The van der Waals surface area contributed by atoms with Crippen LogP contribution >= 0.6 is 11.3 Å². The fraction of sp³-hybridized carbons (Fsp3) is 0.600. The van der Waals surface area contributed by atoms with Crippen molar-refractivity contribution in [3.63, 3.8) is 0 Å². The summed E-state index contributed by atoms with van der Waals surface area (Å²) in [6.45, 7) is 9.83. The summed E-state index contributed by atoms with van der Waals surface area (Å²) in [6, 6.07) is 2.03. The zero-order valence-corrected chi connectivity index (χ0v) is 14.0. The van der Waals surface area contributed by atoms with Crippen molar-refractivity contribution in [2.45, 2.75) is 40.4 Å². The summed E-state index contributed by atoms with van der Waals surface area (Å²) in [5.41, 5.74) is 3.97. The van der Waals surface area contributed by atoms with Crippen molar-refractivity contribution in [1.29, 1.82) is 0 Å². The number of thiazole rings is 1. The van der Waals surface area contributed by atoms with Gasteiger partial charge < -0.3 is 9.84 Å². The monoisotopic (exact) mass is 308 g/mol. The minimum Gasteiger partial charge on any atom is -0.360 e. The van der Waals surface area contributed by atoms with Crippen LogP contribution in [0.3, 0.4) is 0 Å². The zero-order chi connectivity index (χ0) is 15.2. The van der Waals surface area contributed by atoms with Gasteiger partial charge in [-0.25, -0.2) is 4.98 Å². The first-order valence-corrected chi connectivity index (χ1v) is 8.15. The number of nitrogens with one attached hydrogen (secondary N) is 1. The van der Waals surface area contributed by atoms with Gasteiger partial charge in [0.15, 0.2) is 5.76 Å². The third-order valence-electron chi connectivity index (χ3n) is 3.15. The lowest BCUT2D eigenvalue weighted by Gasteiger charge is -2.13. The predicted molar refractivity (Wildman–Crippen MR) is 85.1 cm³/mol. The van der Waals surface area contributed by atoms with Gasteiger partial charge in [-0.15, -0.1) is 11.3 Å². The highest BCUT2D eigenvalue weighted by Gasteiger charge is 2.10. The van der Waals surface area contributed by atoms with Crippen molar-refractivity contribution in [2.75, 3.05) is 13.6 Å². The van der Waals surface area contributed by atoms with Crippen LogP contribution < -0.4 is 5.32 Å². The number of hydrogen-bond donors (Lipinski definition) is 1. The van der Waals surface area contributed by atoms with Gasteiger partial charge in [0.05, 0.1) is 23.4 Å². The molecule has 0 aliphatic heterocycles. The maximum Gasteiger partial charge on any atom is 0.151 e. The topological polar surface area (TPSA) is 54.2 Å². The molecule has 21 heavy (non-hydrogen) atoms. The van der Waals surface area contributed by atoms with E-state index in [0.717, 1.165) is 43.3 Å². The lowest BCUT2D eigenvalue weighted by Crippen LogP contribution is -2.19. The Morgan fingerprint density at radius 1 is 1.38 bits per heavy atom. The highest BCUT2D eigenvalue weighted by atomic mass is 32.1. The highest BCUT2D eigenvalue weighted by Crippen LogP contribution is 2.16. The first-order chi connectivity index (χ1) is 10.0. The summed E-state index contributed by atoms with van der Waals surface area (Å²) in [7, 11) is 2.08. The largest absolute Gasteiger partial charge is 0.360 e. The fourth-order valence-electron chi connectivity index (χ4n) is 2.05. The number of hydrogen-bond acceptors (Lipinski definition) is 6.